The van der Waals surface area contributed by atoms with Gasteiger partial charge in [0.2, 0.25) is 5.91 Å². The standard InChI is InChI=1S/C20H21F3N4O3/c1-2-17(28)26-14-9-7-13(8-10-14)18(29)24-11-12-25-19(30)27-16-6-4-3-5-15(16)20(21,22)23/h3-10H,2,11-12H2,1H3,(H,24,29)(H,26,28)(H2,25,27,30). The summed E-state index contributed by atoms with van der Waals surface area (Å²) in [7, 11) is 0. The summed E-state index contributed by atoms with van der Waals surface area (Å²) in [5.41, 5.74) is -0.391. The molecule has 0 aromatic heterocycles. The first-order valence-corrected chi connectivity index (χ1v) is 9.10. The highest BCUT2D eigenvalue weighted by Gasteiger charge is 2.33. The molecule has 2 aromatic carbocycles. The summed E-state index contributed by atoms with van der Waals surface area (Å²) < 4.78 is 38.8. The van der Waals surface area contributed by atoms with Crippen LogP contribution in [0.5, 0.6) is 0 Å². The molecule has 4 amide bonds. The number of anilines is 2. The van der Waals surface area contributed by atoms with E-state index < -0.39 is 23.7 Å². The van der Waals surface area contributed by atoms with Crippen molar-refractivity contribution in [2.45, 2.75) is 19.5 Å². The average molecular weight is 422 g/mol. The summed E-state index contributed by atoms with van der Waals surface area (Å²) in [6, 6.07) is 10.1. The SMILES string of the molecule is CCC(=O)Nc1ccc(C(=O)NCCNC(=O)Nc2ccccc2C(F)(F)F)cc1. The molecule has 0 aliphatic heterocycles. The minimum atomic E-state index is -4.59. The van der Waals surface area contributed by atoms with Gasteiger partial charge in [-0.3, -0.25) is 9.59 Å². The molecule has 0 spiro atoms. The number of amides is 4. The molecule has 0 saturated heterocycles. The van der Waals surface area contributed by atoms with Crippen LogP contribution in [-0.4, -0.2) is 30.9 Å². The van der Waals surface area contributed by atoms with Gasteiger partial charge in [-0.15, -0.1) is 0 Å². The molecule has 4 N–H and O–H groups in total. The Morgan fingerprint density at radius 1 is 0.867 bits per heavy atom. The van der Waals surface area contributed by atoms with Crippen LogP contribution in [0.2, 0.25) is 0 Å². The summed E-state index contributed by atoms with van der Waals surface area (Å²) in [4.78, 5) is 35.2. The van der Waals surface area contributed by atoms with Crippen molar-refractivity contribution in [1.29, 1.82) is 0 Å². The predicted molar refractivity (Wildman–Crippen MR) is 106 cm³/mol. The van der Waals surface area contributed by atoms with E-state index in [2.05, 4.69) is 21.3 Å². The number of rotatable bonds is 7. The number of urea groups is 1. The minimum Gasteiger partial charge on any atom is -0.350 e. The van der Waals surface area contributed by atoms with E-state index >= 15 is 0 Å². The normalized spacial score (nSPS) is 10.8. The molecule has 160 valence electrons. The highest BCUT2D eigenvalue weighted by molar-refractivity contribution is 5.96. The van der Waals surface area contributed by atoms with Gasteiger partial charge in [-0.25, -0.2) is 4.79 Å². The third-order valence-corrected chi connectivity index (χ3v) is 3.93. The maximum Gasteiger partial charge on any atom is 0.418 e. The van der Waals surface area contributed by atoms with E-state index in [1.807, 2.05) is 0 Å². The molecule has 0 atom stereocenters. The van der Waals surface area contributed by atoms with Gasteiger partial charge >= 0.3 is 12.2 Å². The molecule has 30 heavy (non-hydrogen) atoms. The number of hydrogen-bond acceptors (Lipinski definition) is 3. The summed E-state index contributed by atoms with van der Waals surface area (Å²) in [5, 5.41) is 9.76. The Labute approximate surface area is 171 Å². The van der Waals surface area contributed by atoms with Gasteiger partial charge in [0.15, 0.2) is 0 Å². The molecule has 0 heterocycles. The van der Waals surface area contributed by atoms with Gasteiger partial charge in [-0.05, 0) is 36.4 Å². The number of carbonyl (C=O) groups is 3. The van der Waals surface area contributed by atoms with Crippen molar-refractivity contribution in [3.8, 4) is 0 Å². The monoisotopic (exact) mass is 422 g/mol. The lowest BCUT2D eigenvalue weighted by atomic mass is 10.1. The van der Waals surface area contributed by atoms with Crippen LogP contribution in [0.15, 0.2) is 48.5 Å². The fraction of sp³-hybridized carbons (Fsp3) is 0.250. The van der Waals surface area contributed by atoms with Gasteiger partial charge in [0, 0.05) is 30.8 Å². The van der Waals surface area contributed by atoms with E-state index in [0.29, 0.717) is 17.7 Å². The third-order valence-electron chi connectivity index (χ3n) is 3.93. The molecular weight excluding hydrogens is 401 g/mol. The van der Waals surface area contributed by atoms with Gasteiger partial charge < -0.3 is 21.3 Å². The van der Waals surface area contributed by atoms with Gasteiger partial charge in [-0.2, -0.15) is 13.2 Å². The van der Waals surface area contributed by atoms with Gasteiger partial charge in [0.25, 0.3) is 5.91 Å². The highest BCUT2D eigenvalue weighted by atomic mass is 19.4. The molecule has 0 saturated carbocycles. The fourth-order valence-corrected chi connectivity index (χ4v) is 2.41. The number of benzene rings is 2. The second-order valence-electron chi connectivity index (χ2n) is 6.16. The van der Waals surface area contributed by atoms with Crippen LogP contribution in [0.4, 0.5) is 29.3 Å². The average Bonchev–Trinajstić information content (AvgIpc) is 2.71. The van der Waals surface area contributed by atoms with Crippen LogP contribution >= 0.6 is 0 Å². The summed E-state index contributed by atoms with van der Waals surface area (Å²) in [6.07, 6.45) is -4.25. The number of para-hydroxylation sites is 1. The van der Waals surface area contributed by atoms with Crippen molar-refractivity contribution in [2.75, 3.05) is 23.7 Å². The van der Waals surface area contributed by atoms with E-state index in [1.54, 1.807) is 19.1 Å². The van der Waals surface area contributed by atoms with Crippen molar-refractivity contribution in [3.63, 3.8) is 0 Å². The molecule has 0 radical (unpaired) electrons. The molecule has 0 aliphatic rings. The Morgan fingerprint density at radius 3 is 2.13 bits per heavy atom. The second-order valence-corrected chi connectivity index (χ2v) is 6.16. The molecule has 2 rings (SSSR count). The molecule has 0 fully saturated rings. The fourth-order valence-electron chi connectivity index (χ4n) is 2.41. The molecule has 10 heteroatoms. The smallest absolute Gasteiger partial charge is 0.350 e. The first kappa shape index (κ1) is 22.7. The van der Waals surface area contributed by atoms with Crippen molar-refractivity contribution >= 4 is 29.2 Å². The van der Waals surface area contributed by atoms with Gasteiger partial charge in [0.05, 0.1) is 11.3 Å². The van der Waals surface area contributed by atoms with Crippen molar-refractivity contribution < 1.29 is 27.6 Å². The number of halogens is 3. The van der Waals surface area contributed by atoms with Gasteiger partial charge in [-0.1, -0.05) is 19.1 Å². The van der Waals surface area contributed by atoms with E-state index in [1.165, 1.54) is 24.3 Å². The minimum absolute atomic E-state index is 0.0103. The Kier molecular flexibility index (Phi) is 7.79. The Bertz CT molecular complexity index is 899. The van der Waals surface area contributed by atoms with Crippen LogP contribution in [0, 0.1) is 0 Å². The van der Waals surface area contributed by atoms with Crippen molar-refractivity contribution in [1.82, 2.24) is 10.6 Å². The largest absolute Gasteiger partial charge is 0.418 e. The highest BCUT2D eigenvalue weighted by Crippen LogP contribution is 2.34. The van der Waals surface area contributed by atoms with E-state index in [9.17, 15) is 27.6 Å². The van der Waals surface area contributed by atoms with Crippen molar-refractivity contribution in [3.05, 3.63) is 59.7 Å². The first-order chi connectivity index (χ1) is 14.2. The van der Waals surface area contributed by atoms with E-state index in [4.69, 9.17) is 0 Å². The third kappa shape index (κ3) is 6.80. The Hall–Kier alpha value is -3.56. The Morgan fingerprint density at radius 2 is 1.50 bits per heavy atom. The summed E-state index contributed by atoms with van der Waals surface area (Å²) >= 11 is 0. The summed E-state index contributed by atoms with van der Waals surface area (Å²) in [5.74, 6) is -0.539. The van der Waals surface area contributed by atoms with Crippen LogP contribution in [0.25, 0.3) is 0 Å². The Balaban J connectivity index is 1.78. The zero-order valence-corrected chi connectivity index (χ0v) is 16.1. The predicted octanol–water partition coefficient (Wildman–Crippen LogP) is 3.61. The van der Waals surface area contributed by atoms with E-state index in [0.717, 1.165) is 12.1 Å². The lowest BCUT2D eigenvalue weighted by Crippen LogP contribution is -2.37. The van der Waals surface area contributed by atoms with Crippen LogP contribution < -0.4 is 21.3 Å². The quantitative estimate of drug-likeness (QED) is 0.513. The van der Waals surface area contributed by atoms with Gasteiger partial charge in [0.1, 0.15) is 0 Å². The van der Waals surface area contributed by atoms with Crippen LogP contribution in [0.3, 0.4) is 0 Å². The molecule has 7 nitrogen and oxygen atoms in total. The molecule has 0 unspecified atom stereocenters. The van der Waals surface area contributed by atoms with Crippen LogP contribution in [0.1, 0.15) is 29.3 Å². The van der Waals surface area contributed by atoms with E-state index in [-0.39, 0.29) is 24.7 Å². The number of carbonyl (C=O) groups excluding carboxylic acids is 3. The second kappa shape index (κ2) is 10.3. The van der Waals surface area contributed by atoms with Crippen molar-refractivity contribution in [2.24, 2.45) is 0 Å². The van der Waals surface area contributed by atoms with Crippen LogP contribution in [-0.2, 0) is 11.0 Å². The molecule has 0 bridgehead atoms. The number of hydrogen-bond donors (Lipinski definition) is 4. The maximum absolute atomic E-state index is 12.9. The lowest BCUT2D eigenvalue weighted by molar-refractivity contribution is -0.136. The number of alkyl halides is 3. The zero-order chi connectivity index (χ0) is 22.1. The topological polar surface area (TPSA) is 99.3 Å². The maximum atomic E-state index is 12.9. The summed E-state index contributed by atoms with van der Waals surface area (Å²) in [6.45, 7) is 1.80. The number of nitrogens with one attached hydrogen (secondary N) is 4. The first-order valence-electron chi connectivity index (χ1n) is 9.10. The lowest BCUT2D eigenvalue weighted by Gasteiger charge is -2.14. The molecule has 2 aromatic rings. The molecule has 0 aliphatic carbocycles. The zero-order valence-electron chi connectivity index (χ0n) is 16.1. The molecular formula is C20H21F3N4O3.